The fourth-order valence-electron chi connectivity index (χ4n) is 0.810. The molecule has 1 heterocycles. The van der Waals surface area contributed by atoms with Gasteiger partial charge >= 0.3 is 0 Å². The molecule has 5 nitrogen and oxygen atoms in total. The van der Waals surface area contributed by atoms with Gasteiger partial charge in [-0.2, -0.15) is 0 Å². The lowest BCUT2D eigenvalue weighted by molar-refractivity contribution is -0.117. The van der Waals surface area contributed by atoms with Crippen LogP contribution in [0.25, 0.3) is 0 Å². The maximum Gasteiger partial charge on any atom is 0.241 e. The number of hydrogen-bond acceptors (Lipinski definition) is 4. The van der Waals surface area contributed by atoms with E-state index in [4.69, 9.17) is 23.2 Å². The van der Waals surface area contributed by atoms with E-state index in [2.05, 4.69) is 20.6 Å². The van der Waals surface area contributed by atoms with Crippen molar-refractivity contribution in [1.82, 2.24) is 15.3 Å². The van der Waals surface area contributed by atoms with Crippen LogP contribution in [-0.4, -0.2) is 29.0 Å². The second kappa shape index (κ2) is 5.25. The highest BCUT2D eigenvalue weighted by molar-refractivity contribution is 6.38. The van der Waals surface area contributed by atoms with Crippen molar-refractivity contribution in [2.45, 2.75) is 13.0 Å². The van der Waals surface area contributed by atoms with Gasteiger partial charge in [-0.05, 0) is 14.0 Å². The molecule has 0 saturated heterocycles. The van der Waals surface area contributed by atoms with E-state index in [1.807, 2.05) is 0 Å². The zero-order chi connectivity index (χ0) is 11.4. The summed E-state index contributed by atoms with van der Waals surface area (Å²) in [6.45, 7) is 1.71. The monoisotopic (exact) mass is 248 g/mol. The van der Waals surface area contributed by atoms with Crippen LogP contribution in [0.5, 0.6) is 0 Å². The maximum absolute atomic E-state index is 11.5. The molecule has 0 aliphatic rings. The van der Waals surface area contributed by atoms with E-state index in [1.165, 1.54) is 6.33 Å². The minimum atomic E-state index is -0.350. The average molecular weight is 249 g/mol. The molecule has 1 atom stereocenters. The van der Waals surface area contributed by atoms with Gasteiger partial charge in [0.2, 0.25) is 5.91 Å². The molecule has 1 aromatic rings. The van der Waals surface area contributed by atoms with Crippen molar-refractivity contribution in [1.29, 1.82) is 0 Å². The van der Waals surface area contributed by atoms with Gasteiger partial charge < -0.3 is 10.6 Å². The number of nitrogens with zero attached hydrogens (tertiary/aromatic N) is 2. The van der Waals surface area contributed by atoms with E-state index in [0.29, 0.717) is 0 Å². The summed E-state index contributed by atoms with van der Waals surface area (Å²) in [5, 5.41) is 5.56. The normalized spacial score (nSPS) is 12.3. The summed E-state index contributed by atoms with van der Waals surface area (Å²) in [6.07, 6.45) is 1.22. The Morgan fingerprint density at radius 1 is 1.40 bits per heavy atom. The summed E-state index contributed by atoms with van der Waals surface area (Å²) in [5.74, 6) is -0.254. The van der Waals surface area contributed by atoms with Gasteiger partial charge in [0.1, 0.15) is 12.0 Å². The predicted octanol–water partition coefficient (Wildman–Crippen LogP) is 1.33. The van der Waals surface area contributed by atoms with Gasteiger partial charge in [-0.25, -0.2) is 9.97 Å². The van der Waals surface area contributed by atoms with Crippen molar-refractivity contribution >= 4 is 34.8 Å². The SMILES string of the molecule is CNC(C)C(=O)Nc1c(Cl)ncnc1Cl. The van der Waals surface area contributed by atoms with Crippen LogP contribution < -0.4 is 10.6 Å². The van der Waals surface area contributed by atoms with Crippen LogP contribution in [0.4, 0.5) is 5.69 Å². The fraction of sp³-hybridized carbons (Fsp3) is 0.375. The first kappa shape index (κ1) is 12.2. The number of halogens is 2. The first-order chi connectivity index (χ1) is 7.06. The third-order valence-corrected chi connectivity index (χ3v) is 2.40. The lowest BCUT2D eigenvalue weighted by Crippen LogP contribution is -2.35. The number of anilines is 1. The standard InChI is InChI=1S/C8H10Cl2N4O/c1-4(11-2)8(15)14-5-6(9)12-3-13-7(5)10/h3-4,11H,1-2H3,(H,14,15). The van der Waals surface area contributed by atoms with E-state index in [1.54, 1.807) is 14.0 Å². The van der Waals surface area contributed by atoms with Gasteiger partial charge in [0.15, 0.2) is 10.3 Å². The quantitative estimate of drug-likeness (QED) is 0.793. The van der Waals surface area contributed by atoms with Gasteiger partial charge in [-0.15, -0.1) is 0 Å². The summed E-state index contributed by atoms with van der Waals surface area (Å²) in [6, 6.07) is -0.350. The molecule has 1 rings (SSSR count). The minimum absolute atomic E-state index is 0.117. The molecule has 15 heavy (non-hydrogen) atoms. The Morgan fingerprint density at radius 3 is 2.40 bits per heavy atom. The number of likely N-dealkylation sites (N-methyl/N-ethyl adjacent to an activating group) is 1. The average Bonchev–Trinajstić information content (AvgIpc) is 2.22. The van der Waals surface area contributed by atoms with Gasteiger partial charge in [0.05, 0.1) is 6.04 Å². The molecule has 7 heteroatoms. The number of carbonyl (C=O) groups is 1. The highest BCUT2D eigenvalue weighted by Crippen LogP contribution is 2.25. The lowest BCUT2D eigenvalue weighted by atomic mass is 10.3. The second-order valence-electron chi connectivity index (χ2n) is 2.83. The Labute approximate surface area is 97.2 Å². The summed E-state index contributed by atoms with van der Waals surface area (Å²) in [5.41, 5.74) is 0.230. The Kier molecular flexibility index (Phi) is 4.26. The van der Waals surface area contributed by atoms with Crippen LogP contribution in [0.2, 0.25) is 10.3 Å². The molecule has 0 bridgehead atoms. The summed E-state index contributed by atoms with van der Waals surface area (Å²) < 4.78 is 0. The zero-order valence-electron chi connectivity index (χ0n) is 8.21. The highest BCUT2D eigenvalue weighted by atomic mass is 35.5. The Balaban J connectivity index is 2.85. The van der Waals surface area contributed by atoms with Crippen molar-refractivity contribution in [3.05, 3.63) is 16.6 Å². The fourth-order valence-corrected chi connectivity index (χ4v) is 1.22. The molecule has 0 saturated carbocycles. The van der Waals surface area contributed by atoms with Crippen molar-refractivity contribution < 1.29 is 4.79 Å². The molecule has 2 N–H and O–H groups in total. The van der Waals surface area contributed by atoms with Gasteiger partial charge in [-0.1, -0.05) is 23.2 Å². The third-order valence-electron chi connectivity index (χ3n) is 1.83. The molecule has 1 unspecified atom stereocenters. The molecule has 0 aliphatic heterocycles. The predicted molar refractivity (Wildman–Crippen MR) is 59.2 cm³/mol. The first-order valence-corrected chi connectivity index (χ1v) is 4.96. The number of rotatable bonds is 3. The van der Waals surface area contributed by atoms with Crippen molar-refractivity contribution in [3.63, 3.8) is 0 Å². The summed E-state index contributed by atoms with van der Waals surface area (Å²) in [7, 11) is 1.68. The van der Waals surface area contributed by atoms with Gasteiger partial charge in [0.25, 0.3) is 0 Å². The van der Waals surface area contributed by atoms with Gasteiger partial charge in [-0.3, -0.25) is 4.79 Å². The van der Waals surface area contributed by atoms with Gasteiger partial charge in [0, 0.05) is 0 Å². The Bertz CT molecular complexity index is 351. The molecule has 1 amide bonds. The van der Waals surface area contributed by atoms with E-state index in [-0.39, 0.29) is 27.9 Å². The van der Waals surface area contributed by atoms with Crippen LogP contribution >= 0.6 is 23.2 Å². The van der Waals surface area contributed by atoms with Crippen molar-refractivity contribution in [2.24, 2.45) is 0 Å². The smallest absolute Gasteiger partial charge is 0.241 e. The molecular weight excluding hydrogens is 239 g/mol. The number of hydrogen-bond donors (Lipinski definition) is 2. The van der Waals surface area contributed by atoms with E-state index < -0.39 is 0 Å². The molecule has 82 valence electrons. The maximum atomic E-state index is 11.5. The molecule has 0 aliphatic carbocycles. The number of carbonyl (C=O) groups excluding carboxylic acids is 1. The Hall–Kier alpha value is -0.910. The minimum Gasteiger partial charge on any atom is -0.320 e. The molecule has 0 radical (unpaired) electrons. The highest BCUT2D eigenvalue weighted by Gasteiger charge is 2.15. The third kappa shape index (κ3) is 3.02. The molecule has 1 aromatic heterocycles. The summed E-state index contributed by atoms with van der Waals surface area (Å²) >= 11 is 11.5. The van der Waals surface area contributed by atoms with E-state index >= 15 is 0 Å². The van der Waals surface area contributed by atoms with Crippen LogP contribution in [0, 0.1) is 0 Å². The summed E-state index contributed by atoms with van der Waals surface area (Å²) in [4.78, 5) is 18.9. The topological polar surface area (TPSA) is 66.9 Å². The largest absolute Gasteiger partial charge is 0.320 e. The van der Waals surface area contributed by atoms with Crippen LogP contribution in [0.3, 0.4) is 0 Å². The first-order valence-electron chi connectivity index (χ1n) is 4.20. The van der Waals surface area contributed by atoms with Crippen LogP contribution in [0.15, 0.2) is 6.33 Å². The molecule has 0 spiro atoms. The van der Waals surface area contributed by atoms with E-state index in [0.717, 1.165) is 0 Å². The van der Waals surface area contributed by atoms with Crippen molar-refractivity contribution in [3.8, 4) is 0 Å². The molecule has 0 aromatic carbocycles. The van der Waals surface area contributed by atoms with E-state index in [9.17, 15) is 4.79 Å². The number of aromatic nitrogens is 2. The van der Waals surface area contributed by atoms with Crippen molar-refractivity contribution in [2.75, 3.05) is 12.4 Å². The molecule has 0 fully saturated rings. The van der Waals surface area contributed by atoms with Crippen LogP contribution in [0.1, 0.15) is 6.92 Å². The number of amides is 1. The lowest BCUT2D eigenvalue weighted by Gasteiger charge is -2.11. The number of nitrogens with one attached hydrogen (secondary N) is 2. The second-order valence-corrected chi connectivity index (χ2v) is 3.55. The zero-order valence-corrected chi connectivity index (χ0v) is 9.73. The molecular formula is C8H10Cl2N4O. The van der Waals surface area contributed by atoms with Crippen LogP contribution in [-0.2, 0) is 4.79 Å². The Morgan fingerprint density at radius 2 is 1.93 bits per heavy atom.